The Morgan fingerprint density at radius 2 is 1.08 bits per heavy atom. The van der Waals surface area contributed by atoms with Crippen LogP contribution >= 0.6 is 0 Å². The van der Waals surface area contributed by atoms with E-state index in [-0.39, 0.29) is 76.3 Å². The van der Waals surface area contributed by atoms with Crippen LogP contribution in [0.4, 0.5) is 0 Å². The zero-order valence-corrected chi connectivity index (χ0v) is 32.0. The van der Waals surface area contributed by atoms with Gasteiger partial charge in [0.25, 0.3) is 0 Å². The second kappa shape index (κ2) is 30.6. The molecule has 0 spiro atoms. The van der Waals surface area contributed by atoms with E-state index in [1.165, 1.54) is 57.8 Å². The quantitative estimate of drug-likeness (QED) is 0.0504. The molecule has 0 unspecified atom stereocenters. The van der Waals surface area contributed by atoms with E-state index < -0.39 is 35.3 Å². The van der Waals surface area contributed by atoms with Gasteiger partial charge < -0.3 is 35.6 Å². The van der Waals surface area contributed by atoms with Gasteiger partial charge in [0.1, 0.15) is 18.2 Å². The van der Waals surface area contributed by atoms with E-state index in [9.17, 15) is 33.9 Å². The molecule has 296 valence electrons. The van der Waals surface area contributed by atoms with Crippen molar-refractivity contribution in [3.8, 4) is 0 Å². The van der Waals surface area contributed by atoms with Gasteiger partial charge in [-0.15, -0.1) is 0 Å². The van der Waals surface area contributed by atoms with Crippen LogP contribution in [0.5, 0.6) is 0 Å². The third-order valence-electron chi connectivity index (χ3n) is 8.65. The van der Waals surface area contributed by atoms with Crippen molar-refractivity contribution in [3.63, 3.8) is 0 Å². The minimum Gasteiger partial charge on any atom is -0.481 e. The first-order chi connectivity index (χ1) is 24.3. The number of rotatable bonds is 35. The number of carbonyl (C=O) groups is 6. The SMILES string of the molecule is CC(C)C(=O)COCCOCCNC(=O)C(C)(C)NC(=O)CC[C@H](NC(=O)CCCCCCCCCCCCCCCCCCC(=O)O)C(=O)O. The first kappa shape index (κ1) is 47.9. The summed E-state index contributed by atoms with van der Waals surface area (Å²) in [6.07, 6.45) is 18.1. The van der Waals surface area contributed by atoms with Gasteiger partial charge in [-0.1, -0.05) is 104 Å². The number of hydrogen-bond acceptors (Lipinski definition) is 8. The molecule has 5 N–H and O–H groups in total. The van der Waals surface area contributed by atoms with Crippen LogP contribution in [0.25, 0.3) is 0 Å². The molecule has 0 bridgehead atoms. The van der Waals surface area contributed by atoms with Gasteiger partial charge in [0.2, 0.25) is 17.7 Å². The Bertz CT molecular complexity index is 1000. The van der Waals surface area contributed by atoms with Gasteiger partial charge >= 0.3 is 11.9 Å². The number of carboxylic acids is 2. The van der Waals surface area contributed by atoms with Crippen molar-refractivity contribution >= 4 is 35.4 Å². The summed E-state index contributed by atoms with van der Waals surface area (Å²) in [5.74, 6) is -3.26. The molecule has 13 nitrogen and oxygen atoms in total. The van der Waals surface area contributed by atoms with Crippen molar-refractivity contribution < 1.29 is 48.5 Å². The van der Waals surface area contributed by atoms with Crippen molar-refractivity contribution in [2.45, 2.75) is 168 Å². The van der Waals surface area contributed by atoms with Crippen LogP contribution in [0.15, 0.2) is 0 Å². The minimum absolute atomic E-state index is 0.0173. The van der Waals surface area contributed by atoms with Crippen molar-refractivity contribution in [2.75, 3.05) is 33.0 Å². The highest BCUT2D eigenvalue weighted by molar-refractivity contribution is 5.91. The molecule has 51 heavy (non-hydrogen) atoms. The highest BCUT2D eigenvalue weighted by atomic mass is 16.5. The fourth-order valence-corrected chi connectivity index (χ4v) is 5.32. The summed E-state index contributed by atoms with van der Waals surface area (Å²) in [5, 5.41) is 26.0. The molecule has 3 amide bonds. The molecule has 13 heteroatoms. The lowest BCUT2D eigenvalue weighted by molar-refractivity contribution is -0.142. The first-order valence-corrected chi connectivity index (χ1v) is 19.3. The van der Waals surface area contributed by atoms with E-state index in [1.807, 2.05) is 0 Å². The lowest BCUT2D eigenvalue weighted by Gasteiger charge is -2.25. The maximum atomic E-state index is 12.6. The van der Waals surface area contributed by atoms with Gasteiger partial charge in [0.05, 0.1) is 19.8 Å². The van der Waals surface area contributed by atoms with Crippen LogP contribution in [0, 0.1) is 5.92 Å². The lowest BCUT2D eigenvalue weighted by atomic mass is 10.0. The fourth-order valence-electron chi connectivity index (χ4n) is 5.32. The Kier molecular flexibility index (Phi) is 28.7. The maximum Gasteiger partial charge on any atom is 0.326 e. The number of nitrogens with one attached hydrogen (secondary N) is 3. The highest BCUT2D eigenvalue weighted by Gasteiger charge is 2.30. The number of hydrogen-bond donors (Lipinski definition) is 5. The maximum absolute atomic E-state index is 12.6. The zero-order valence-electron chi connectivity index (χ0n) is 32.0. The molecule has 0 aliphatic rings. The average molecular weight is 728 g/mol. The molecule has 1 atom stereocenters. The van der Waals surface area contributed by atoms with E-state index in [0.29, 0.717) is 6.42 Å². The molecule has 0 radical (unpaired) electrons. The molecule has 0 aliphatic carbocycles. The van der Waals surface area contributed by atoms with Crippen molar-refractivity contribution in [3.05, 3.63) is 0 Å². The summed E-state index contributed by atoms with van der Waals surface area (Å²) < 4.78 is 10.6. The summed E-state index contributed by atoms with van der Waals surface area (Å²) in [4.78, 5) is 71.2. The second-order valence-corrected chi connectivity index (χ2v) is 14.3. The van der Waals surface area contributed by atoms with E-state index in [2.05, 4.69) is 16.0 Å². The van der Waals surface area contributed by atoms with Gasteiger partial charge in [-0.25, -0.2) is 4.79 Å². The van der Waals surface area contributed by atoms with E-state index in [0.717, 1.165) is 38.5 Å². The number of unbranched alkanes of at least 4 members (excludes halogenated alkanes) is 15. The normalized spacial score (nSPS) is 12.0. The predicted octanol–water partition coefficient (Wildman–Crippen LogP) is 5.71. The number of amides is 3. The Morgan fingerprint density at radius 1 is 0.608 bits per heavy atom. The first-order valence-electron chi connectivity index (χ1n) is 19.3. The molecule has 0 aromatic carbocycles. The molecule has 0 aliphatic heterocycles. The Balaban J connectivity index is 3.94. The monoisotopic (exact) mass is 727 g/mol. The lowest BCUT2D eigenvalue weighted by Crippen LogP contribution is -2.55. The predicted molar refractivity (Wildman–Crippen MR) is 196 cm³/mol. The van der Waals surface area contributed by atoms with Crippen LogP contribution in [-0.2, 0) is 38.2 Å². The molecule has 0 rings (SSSR count). The van der Waals surface area contributed by atoms with Crippen molar-refractivity contribution in [1.29, 1.82) is 0 Å². The van der Waals surface area contributed by atoms with Crippen LogP contribution in [0.2, 0.25) is 0 Å². The van der Waals surface area contributed by atoms with Gasteiger partial charge in [-0.3, -0.25) is 24.0 Å². The summed E-state index contributed by atoms with van der Waals surface area (Å²) in [7, 11) is 0. The van der Waals surface area contributed by atoms with E-state index in [1.54, 1.807) is 27.7 Å². The van der Waals surface area contributed by atoms with Gasteiger partial charge in [0.15, 0.2) is 5.78 Å². The third kappa shape index (κ3) is 29.2. The van der Waals surface area contributed by atoms with Crippen LogP contribution < -0.4 is 16.0 Å². The summed E-state index contributed by atoms with van der Waals surface area (Å²) in [6.45, 7) is 7.70. The number of ether oxygens (including phenoxy) is 2. The van der Waals surface area contributed by atoms with E-state index >= 15 is 0 Å². The van der Waals surface area contributed by atoms with Crippen molar-refractivity contribution in [1.82, 2.24) is 16.0 Å². The number of carbonyl (C=O) groups excluding carboxylic acids is 4. The minimum atomic E-state index is -1.24. The van der Waals surface area contributed by atoms with Crippen molar-refractivity contribution in [2.24, 2.45) is 5.92 Å². The molecule has 0 saturated heterocycles. The number of Topliss-reactive ketones (excluding diaryl/α,β-unsaturated/α-hetero) is 1. The molecule has 0 fully saturated rings. The molecule has 0 heterocycles. The number of aliphatic carboxylic acids is 2. The molecular weight excluding hydrogens is 658 g/mol. The fraction of sp³-hybridized carbons (Fsp3) is 0.842. The van der Waals surface area contributed by atoms with Crippen LogP contribution in [-0.4, -0.2) is 90.2 Å². The number of carboxylic acid groups (broad SMARTS) is 2. The third-order valence-corrected chi connectivity index (χ3v) is 8.65. The van der Waals surface area contributed by atoms with Gasteiger partial charge in [0, 0.05) is 31.7 Å². The Labute approximate surface area is 306 Å². The van der Waals surface area contributed by atoms with Crippen LogP contribution in [0.1, 0.15) is 156 Å². The average Bonchev–Trinajstić information content (AvgIpc) is 3.06. The van der Waals surface area contributed by atoms with E-state index in [4.69, 9.17) is 14.6 Å². The Hall–Kier alpha value is -3.06. The highest BCUT2D eigenvalue weighted by Crippen LogP contribution is 2.14. The molecular formula is C38H69N3O10. The second-order valence-electron chi connectivity index (χ2n) is 14.3. The Morgan fingerprint density at radius 3 is 1.55 bits per heavy atom. The molecule has 0 aromatic heterocycles. The topological polar surface area (TPSA) is 197 Å². The summed E-state index contributed by atoms with van der Waals surface area (Å²) in [5.41, 5.74) is -1.24. The molecule has 0 saturated carbocycles. The van der Waals surface area contributed by atoms with Gasteiger partial charge in [-0.05, 0) is 33.1 Å². The van der Waals surface area contributed by atoms with Crippen LogP contribution in [0.3, 0.4) is 0 Å². The molecule has 0 aromatic rings. The van der Waals surface area contributed by atoms with Gasteiger partial charge in [-0.2, -0.15) is 0 Å². The standard InChI is InChI=1S/C38H69N3O10/c1-30(2)32(42)29-51-28-27-50-26-25-39-37(49)38(3,4)41-34(44)24-23-31(36(47)48)40-33(43)21-19-17-15-13-11-9-7-5-6-8-10-12-14-16-18-20-22-35(45)46/h30-31H,5-29H2,1-4H3,(H,39,49)(H,40,43)(H,41,44)(H,45,46)(H,47,48)/t31-/m0/s1. The number of ketones is 1. The largest absolute Gasteiger partial charge is 0.481 e. The summed E-state index contributed by atoms with van der Waals surface area (Å²) in [6, 6.07) is -1.19. The zero-order chi connectivity index (χ0) is 38.3. The summed E-state index contributed by atoms with van der Waals surface area (Å²) >= 11 is 0. The smallest absolute Gasteiger partial charge is 0.326 e.